The number of nitrogens with zero attached hydrogens (tertiary/aromatic N) is 1. The van der Waals surface area contributed by atoms with E-state index in [1.807, 2.05) is 18.2 Å². The molecule has 0 fully saturated rings. The van der Waals surface area contributed by atoms with Crippen LogP contribution in [0.4, 0.5) is 0 Å². The fourth-order valence-corrected chi connectivity index (χ4v) is 3.32. The summed E-state index contributed by atoms with van der Waals surface area (Å²) in [5, 5.41) is 1.64. The first-order chi connectivity index (χ1) is 9.17. The van der Waals surface area contributed by atoms with Crippen LogP contribution in [0.15, 0.2) is 24.4 Å². The molecule has 19 heavy (non-hydrogen) atoms. The number of hydrogen-bond donors (Lipinski definition) is 1. The van der Waals surface area contributed by atoms with Crippen molar-refractivity contribution in [2.45, 2.75) is 13.3 Å². The quantitative estimate of drug-likeness (QED) is 0.566. The van der Waals surface area contributed by atoms with Gasteiger partial charge in [-0.05, 0) is 53.0 Å². The lowest BCUT2D eigenvalue weighted by molar-refractivity contribution is 0.260. The lowest BCUT2D eigenvalue weighted by Crippen LogP contribution is -2.13. The van der Waals surface area contributed by atoms with Crippen molar-refractivity contribution >= 4 is 57.7 Å². The molecule has 1 atom stereocenters. The molecular weight excluding hydrogens is 393 g/mol. The van der Waals surface area contributed by atoms with Crippen LogP contribution >= 0.6 is 46.8 Å². The molecule has 0 aliphatic carbocycles. The third-order valence-electron chi connectivity index (χ3n) is 3.05. The first-order valence-electron chi connectivity index (χ1n) is 6.13. The molecule has 0 saturated heterocycles. The van der Waals surface area contributed by atoms with Crippen molar-refractivity contribution < 1.29 is 4.74 Å². The van der Waals surface area contributed by atoms with E-state index >= 15 is 0 Å². The van der Waals surface area contributed by atoms with Crippen molar-refractivity contribution in [2.75, 3.05) is 12.4 Å². The minimum absolute atomic E-state index is 0.452. The molecule has 0 N–H and O–H groups in total. The summed E-state index contributed by atoms with van der Waals surface area (Å²) in [5.74, 6) is 2.10. The van der Waals surface area contributed by atoms with Gasteiger partial charge in [0.2, 0.25) is 0 Å². The van der Waals surface area contributed by atoms with E-state index in [1.165, 1.54) is 0 Å². The molecule has 0 amide bonds. The highest BCUT2D eigenvalue weighted by Crippen LogP contribution is 2.34. The SMILES string of the molecule is CCC(CS)COc1c(I)cc(Cl)c2cccnc12. The Balaban J connectivity index is 2.37. The Bertz CT molecular complexity index is 575. The van der Waals surface area contributed by atoms with Gasteiger partial charge in [0.1, 0.15) is 5.52 Å². The summed E-state index contributed by atoms with van der Waals surface area (Å²) < 4.78 is 6.96. The fraction of sp³-hybridized carbons (Fsp3) is 0.357. The van der Waals surface area contributed by atoms with E-state index in [0.29, 0.717) is 17.5 Å². The van der Waals surface area contributed by atoms with E-state index in [1.54, 1.807) is 6.20 Å². The molecule has 0 aliphatic rings. The molecular formula is C14H15ClINOS. The maximum Gasteiger partial charge on any atom is 0.158 e. The summed E-state index contributed by atoms with van der Waals surface area (Å²) in [6.45, 7) is 2.80. The molecule has 2 aromatic rings. The molecule has 0 bridgehead atoms. The van der Waals surface area contributed by atoms with Crippen LogP contribution in [0.5, 0.6) is 5.75 Å². The topological polar surface area (TPSA) is 22.1 Å². The van der Waals surface area contributed by atoms with Crippen molar-refractivity contribution in [1.29, 1.82) is 0 Å². The van der Waals surface area contributed by atoms with E-state index in [0.717, 1.165) is 32.4 Å². The van der Waals surface area contributed by atoms with Gasteiger partial charge < -0.3 is 4.74 Å². The Morgan fingerprint density at radius 3 is 3.00 bits per heavy atom. The average molecular weight is 408 g/mol. The number of benzene rings is 1. The summed E-state index contributed by atoms with van der Waals surface area (Å²) in [6.07, 6.45) is 2.82. The normalized spacial score (nSPS) is 12.6. The van der Waals surface area contributed by atoms with E-state index in [9.17, 15) is 0 Å². The molecule has 1 aromatic heterocycles. The lowest BCUT2D eigenvalue weighted by Gasteiger charge is -2.16. The minimum atomic E-state index is 0.452. The maximum absolute atomic E-state index is 6.24. The smallest absolute Gasteiger partial charge is 0.158 e. The van der Waals surface area contributed by atoms with Gasteiger partial charge in [-0.2, -0.15) is 12.6 Å². The highest BCUT2D eigenvalue weighted by Gasteiger charge is 2.13. The maximum atomic E-state index is 6.24. The zero-order valence-corrected chi connectivity index (χ0v) is 14.4. The van der Waals surface area contributed by atoms with Crippen molar-refractivity contribution in [3.8, 4) is 5.75 Å². The Morgan fingerprint density at radius 1 is 1.53 bits per heavy atom. The van der Waals surface area contributed by atoms with Crippen molar-refractivity contribution in [3.05, 3.63) is 33.0 Å². The number of aromatic nitrogens is 1. The molecule has 2 nitrogen and oxygen atoms in total. The van der Waals surface area contributed by atoms with E-state index in [4.69, 9.17) is 16.3 Å². The number of fused-ring (bicyclic) bond motifs is 1. The average Bonchev–Trinajstić information content (AvgIpc) is 2.43. The van der Waals surface area contributed by atoms with E-state index in [-0.39, 0.29) is 0 Å². The summed E-state index contributed by atoms with van der Waals surface area (Å²) >= 11 is 12.8. The first-order valence-corrected chi connectivity index (χ1v) is 8.22. The molecule has 102 valence electrons. The van der Waals surface area contributed by atoms with Crippen molar-refractivity contribution in [1.82, 2.24) is 4.98 Å². The second-order valence-corrected chi connectivity index (χ2v) is 6.27. The zero-order chi connectivity index (χ0) is 13.8. The van der Waals surface area contributed by atoms with Gasteiger partial charge in [0, 0.05) is 17.5 Å². The second-order valence-electron chi connectivity index (χ2n) is 4.34. The Morgan fingerprint density at radius 2 is 2.32 bits per heavy atom. The van der Waals surface area contributed by atoms with Crippen LogP contribution in [0.2, 0.25) is 5.02 Å². The summed E-state index contributed by atoms with van der Waals surface area (Å²) in [6, 6.07) is 5.76. The highest BCUT2D eigenvalue weighted by molar-refractivity contribution is 14.1. The molecule has 0 saturated carbocycles. The summed E-state index contributed by atoms with van der Waals surface area (Å²) in [5.41, 5.74) is 0.827. The monoisotopic (exact) mass is 407 g/mol. The van der Waals surface area contributed by atoms with Crippen molar-refractivity contribution in [3.63, 3.8) is 0 Å². The number of ether oxygens (including phenoxy) is 1. The van der Waals surface area contributed by atoms with Crippen LogP contribution in [-0.4, -0.2) is 17.3 Å². The Kier molecular flexibility index (Phi) is 5.59. The van der Waals surface area contributed by atoms with E-state index < -0.39 is 0 Å². The van der Waals surface area contributed by atoms with Gasteiger partial charge in [-0.3, -0.25) is 4.98 Å². The first kappa shape index (κ1) is 15.2. The van der Waals surface area contributed by atoms with Crippen LogP contribution in [0.3, 0.4) is 0 Å². The summed E-state index contributed by atoms with van der Waals surface area (Å²) in [7, 11) is 0. The second kappa shape index (κ2) is 6.99. The van der Waals surface area contributed by atoms with Gasteiger partial charge in [0.05, 0.1) is 15.2 Å². The van der Waals surface area contributed by atoms with Gasteiger partial charge in [-0.25, -0.2) is 0 Å². The molecule has 5 heteroatoms. The third kappa shape index (κ3) is 3.47. The number of rotatable bonds is 5. The van der Waals surface area contributed by atoms with Crippen LogP contribution < -0.4 is 4.74 Å². The van der Waals surface area contributed by atoms with E-state index in [2.05, 4.69) is 47.1 Å². The third-order valence-corrected chi connectivity index (χ3v) is 4.68. The largest absolute Gasteiger partial charge is 0.490 e. The Hall–Kier alpha value is -0.200. The fourth-order valence-electron chi connectivity index (χ4n) is 1.78. The van der Waals surface area contributed by atoms with Crippen LogP contribution in [-0.2, 0) is 0 Å². The molecule has 0 spiro atoms. The number of hydrogen-bond acceptors (Lipinski definition) is 3. The highest BCUT2D eigenvalue weighted by atomic mass is 127. The predicted octanol–water partition coefficient (Wildman–Crippen LogP) is 4.83. The molecule has 1 unspecified atom stereocenters. The van der Waals surface area contributed by atoms with Crippen LogP contribution in [0.25, 0.3) is 10.9 Å². The molecule has 1 aromatic carbocycles. The zero-order valence-electron chi connectivity index (χ0n) is 10.6. The summed E-state index contributed by atoms with van der Waals surface area (Å²) in [4.78, 5) is 4.40. The minimum Gasteiger partial charge on any atom is -0.490 e. The van der Waals surface area contributed by atoms with Crippen LogP contribution in [0.1, 0.15) is 13.3 Å². The Labute approximate surface area is 137 Å². The van der Waals surface area contributed by atoms with Gasteiger partial charge in [-0.1, -0.05) is 18.5 Å². The number of halogens is 2. The molecule has 0 radical (unpaired) electrons. The predicted molar refractivity (Wildman–Crippen MR) is 92.6 cm³/mol. The molecule has 1 heterocycles. The molecule has 0 aliphatic heterocycles. The lowest BCUT2D eigenvalue weighted by atomic mass is 10.1. The van der Waals surface area contributed by atoms with Gasteiger partial charge in [-0.15, -0.1) is 0 Å². The standard InChI is InChI=1S/C14H15ClINOS/c1-2-9(8-19)7-18-14-12(16)6-11(15)10-4-3-5-17-13(10)14/h3-6,9,19H,2,7-8H2,1H3. The van der Waals surface area contributed by atoms with Gasteiger partial charge >= 0.3 is 0 Å². The van der Waals surface area contributed by atoms with Gasteiger partial charge in [0.25, 0.3) is 0 Å². The van der Waals surface area contributed by atoms with Crippen LogP contribution in [0, 0.1) is 9.49 Å². The van der Waals surface area contributed by atoms with Gasteiger partial charge in [0.15, 0.2) is 5.75 Å². The van der Waals surface area contributed by atoms with Crippen molar-refractivity contribution in [2.24, 2.45) is 5.92 Å². The number of thiol groups is 1. The number of pyridine rings is 1. The molecule has 2 rings (SSSR count).